The molecule has 0 radical (unpaired) electrons. The highest BCUT2D eigenvalue weighted by molar-refractivity contribution is 5.92. The van der Waals surface area contributed by atoms with E-state index in [-0.39, 0.29) is 11.8 Å². The van der Waals surface area contributed by atoms with E-state index in [1.54, 1.807) is 11.8 Å². The molecule has 0 aromatic heterocycles. The lowest BCUT2D eigenvalue weighted by Gasteiger charge is -2.24. The van der Waals surface area contributed by atoms with Crippen LogP contribution in [0.4, 0.5) is 5.69 Å². The summed E-state index contributed by atoms with van der Waals surface area (Å²) >= 11 is 0. The number of likely N-dealkylation sites (tertiary alicyclic amines) is 1. The summed E-state index contributed by atoms with van der Waals surface area (Å²) in [5, 5.41) is 0. The average Bonchev–Trinajstić information content (AvgIpc) is 2.76. The number of rotatable bonds is 4. The maximum atomic E-state index is 12.4. The van der Waals surface area contributed by atoms with Gasteiger partial charge in [-0.1, -0.05) is 25.0 Å². The van der Waals surface area contributed by atoms with Crippen LogP contribution in [0, 0.1) is 6.92 Å². The monoisotopic (exact) mass is 302 g/mol. The maximum absolute atomic E-state index is 12.4. The second-order valence-electron chi connectivity index (χ2n) is 6.05. The smallest absolute Gasteiger partial charge is 0.224 e. The van der Waals surface area contributed by atoms with Crippen LogP contribution in [0.5, 0.6) is 0 Å². The predicted molar refractivity (Wildman–Crippen MR) is 88.9 cm³/mol. The molecule has 22 heavy (non-hydrogen) atoms. The molecule has 1 aromatic carbocycles. The van der Waals surface area contributed by atoms with Gasteiger partial charge in [-0.2, -0.15) is 0 Å². The van der Waals surface area contributed by atoms with Crippen molar-refractivity contribution in [3.8, 4) is 0 Å². The molecule has 0 spiro atoms. The van der Waals surface area contributed by atoms with Crippen LogP contribution in [0.1, 0.15) is 44.6 Å². The summed E-state index contributed by atoms with van der Waals surface area (Å²) in [7, 11) is 0. The maximum Gasteiger partial charge on any atom is 0.224 e. The van der Waals surface area contributed by atoms with Crippen molar-refractivity contribution in [1.29, 1.82) is 0 Å². The number of amides is 2. The van der Waals surface area contributed by atoms with Gasteiger partial charge in [0.1, 0.15) is 0 Å². The number of anilines is 1. The fourth-order valence-corrected chi connectivity index (χ4v) is 2.95. The number of nitrogens with zero attached hydrogens (tertiary/aromatic N) is 2. The molecule has 0 atom stereocenters. The fourth-order valence-electron chi connectivity index (χ4n) is 2.95. The first-order valence-corrected chi connectivity index (χ1v) is 8.20. The van der Waals surface area contributed by atoms with Gasteiger partial charge < -0.3 is 9.80 Å². The van der Waals surface area contributed by atoms with Crippen molar-refractivity contribution in [2.24, 2.45) is 0 Å². The minimum atomic E-state index is -0.0192. The zero-order chi connectivity index (χ0) is 15.9. The number of carbonyl (C=O) groups excluding carboxylic acids is 2. The molecule has 1 aliphatic rings. The number of hydrogen-bond acceptors (Lipinski definition) is 2. The Morgan fingerprint density at radius 3 is 2.41 bits per heavy atom. The van der Waals surface area contributed by atoms with Crippen LogP contribution < -0.4 is 4.90 Å². The van der Waals surface area contributed by atoms with Gasteiger partial charge in [0, 0.05) is 38.7 Å². The number of hydrogen-bond donors (Lipinski definition) is 0. The van der Waals surface area contributed by atoms with Crippen LogP contribution in [0.3, 0.4) is 0 Å². The zero-order valence-corrected chi connectivity index (χ0v) is 13.7. The zero-order valence-electron chi connectivity index (χ0n) is 13.7. The van der Waals surface area contributed by atoms with Crippen LogP contribution in [0.15, 0.2) is 24.3 Å². The SMILES string of the molecule is CC(=O)N(CCC(=O)N1CCCCCC1)c1cccc(C)c1. The van der Waals surface area contributed by atoms with Crippen LogP contribution in [-0.2, 0) is 9.59 Å². The Morgan fingerprint density at radius 1 is 1.14 bits per heavy atom. The lowest BCUT2D eigenvalue weighted by Crippen LogP contribution is -2.36. The largest absolute Gasteiger partial charge is 0.343 e. The summed E-state index contributed by atoms with van der Waals surface area (Å²) < 4.78 is 0. The van der Waals surface area contributed by atoms with Crippen LogP contribution in [0.2, 0.25) is 0 Å². The molecule has 0 unspecified atom stereocenters. The molecule has 0 bridgehead atoms. The Balaban J connectivity index is 1.97. The van der Waals surface area contributed by atoms with Gasteiger partial charge in [-0.25, -0.2) is 0 Å². The minimum Gasteiger partial charge on any atom is -0.343 e. The molecule has 120 valence electrons. The number of carbonyl (C=O) groups is 2. The van der Waals surface area contributed by atoms with Gasteiger partial charge in [0.05, 0.1) is 0 Å². The number of benzene rings is 1. The Kier molecular flexibility index (Phi) is 5.99. The molecule has 2 rings (SSSR count). The Hall–Kier alpha value is -1.84. The van der Waals surface area contributed by atoms with Crippen molar-refractivity contribution in [3.05, 3.63) is 29.8 Å². The van der Waals surface area contributed by atoms with Gasteiger partial charge in [-0.3, -0.25) is 9.59 Å². The van der Waals surface area contributed by atoms with E-state index in [4.69, 9.17) is 0 Å². The summed E-state index contributed by atoms with van der Waals surface area (Å²) in [5.74, 6) is 0.148. The Labute approximate surface area is 133 Å². The summed E-state index contributed by atoms with van der Waals surface area (Å²) in [6, 6.07) is 7.85. The highest BCUT2D eigenvalue weighted by Crippen LogP contribution is 2.17. The van der Waals surface area contributed by atoms with Crippen molar-refractivity contribution in [2.75, 3.05) is 24.5 Å². The van der Waals surface area contributed by atoms with Crippen molar-refractivity contribution >= 4 is 17.5 Å². The highest BCUT2D eigenvalue weighted by atomic mass is 16.2. The van der Waals surface area contributed by atoms with E-state index in [2.05, 4.69) is 0 Å². The highest BCUT2D eigenvalue weighted by Gasteiger charge is 2.18. The van der Waals surface area contributed by atoms with E-state index in [0.717, 1.165) is 37.2 Å². The molecule has 0 aliphatic carbocycles. The third-order valence-electron chi connectivity index (χ3n) is 4.20. The van der Waals surface area contributed by atoms with E-state index >= 15 is 0 Å². The summed E-state index contributed by atoms with van der Waals surface area (Å²) in [6.07, 6.45) is 5.02. The molecule has 1 saturated heterocycles. The molecule has 1 heterocycles. The van der Waals surface area contributed by atoms with Crippen molar-refractivity contribution < 1.29 is 9.59 Å². The molecule has 4 nitrogen and oxygen atoms in total. The topological polar surface area (TPSA) is 40.6 Å². The van der Waals surface area contributed by atoms with Gasteiger partial charge in [-0.05, 0) is 37.5 Å². The second kappa shape index (κ2) is 7.97. The minimum absolute atomic E-state index is 0.0192. The lowest BCUT2D eigenvalue weighted by molar-refractivity contribution is -0.131. The van der Waals surface area contributed by atoms with Crippen LogP contribution in [0.25, 0.3) is 0 Å². The first-order valence-electron chi connectivity index (χ1n) is 8.20. The predicted octanol–water partition coefficient (Wildman–Crippen LogP) is 3.14. The molecule has 2 amide bonds. The average molecular weight is 302 g/mol. The van der Waals surface area contributed by atoms with Crippen molar-refractivity contribution in [3.63, 3.8) is 0 Å². The Bertz CT molecular complexity index is 520. The molecule has 0 N–H and O–H groups in total. The lowest BCUT2D eigenvalue weighted by atomic mass is 10.2. The molecule has 4 heteroatoms. The fraction of sp³-hybridized carbons (Fsp3) is 0.556. The van der Waals surface area contributed by atoms with Crippen molar-refractivity contribution in [2.45, 2.75) is 46.0 Å². The van der Waals surface area contributed by atoms with Gasteiger partial charge in [0.2, 0.25) is 11.8 Å². The normalized spacial score (nSPS) is 15.3. The molecule has 1 aromatic rings. The second-order valence-corrected chi connectivity index (χ2v) is 6.05. The molecular weight excluding hydrogens is 276 g/mol. The molecule has 1 aliphatic heterocycles. The van der Waals surface area contributed by atoms with Gasteiger partial charge in [-0.15, -0.1) is 0 Å². The standard InChI is InChI=1S/C18H26N2O2/c1-15-8-7-9-17(14-15)20(16(2)21)13-10-18(22)19-11-5-3-4-6-12-19/h7-9,14H,3-6,10-13H2,1-2H3. The van der Waals surface area contributed by atoms with E-state index in [1.807, 2.05) is 36.1 Å². The summed E-state index contributed by atoms with van der Waals surface area (Å²) in [4.78, 5) is 27.9. The van der Waals surface area contributed by atoms with Crippen LogP contribution >= 0.6 is 0 Å². The number of aryl methyl sites for hydroxylation is 1. The first kappa shape index (κ1) is 16.5. The van der Waals surface area contributed by atoms with E-state index in [9.17, 15) is 9.59 Å². The van der Waals surface area contributed by atoms with Gasteiger partial charge in [0.25, 0.3) is 0 Å². The van der Waals surface area contributed by atoms with E-state index < -0.39 is 0 Å². The van der Waals surface area contributed by atoms with Gasteiger partial charge >= 0.3 is 0 Å². The summed E-state index contributed by atoms with van der Waals surface area (Å²) in [5.41, 5.74) is 1.98. The van der Waals surface area contributed by atoms with Gasteiger partial charge in [0.15, 0.2) is 0 Å². The van der Waals surface area contributed by atoms with E-state index in [1.165, 1.54) is 12.8 Å². The molecule has 0 saturated carbocycles. The third kappa shape index (κ3) is 4.58. The quantitative estimate of drug-likeness (QED) is 0.857. The third-order valence-corrected chi connectivity index (χ3v) is 4.20. The van der Waals surface area contributed by atoms with Crippen LogP contribution in [-0.4, -0.2) is 36.3 Å². The molecule has 1 fully saturated rings. The summed E-state index contributed by atoms with van der Waals surface area (Å²) in [6.45, 7) is 5.74. The first-order chi connectivity index (χ1) is 10.6. The Morgan fingerprint density at radius 2 is 1.82 bits per heavy atom. The molecular formula is C18H26N2O2. The van der Waals surface area contributed by atoms with Crippen molar-refractivity contribution in [1.82, 2.24) is 4.90 Å². The van der Waals surface area contributed by atoms with E-state index in [0.29, 0.717) is 13.0 Å².